The minimum Gasteiger partial charge on any atom is -0.508 e. The Labute approximate surface area is 136 Å². The third-order valence-corrected chi connectivity index (χ3v) is 5.28. The first-order chi connectivity index (χ1) is 11.2. The normalized spacial score (nSPS) is 14.4. The predicted octanol–water partition coefficient (Wildman–Crippen LogP) is 2.92. The van der Waals surface area contributed by atoms with Crippen LogP contribution in [0.2, 0.25) is 0 Å². The third kappa shape index (κ3) is 2.55. The fourth-order valence-electron chi connectivity index (χ4n) is 2.91. The van der Waals surface area contributed by atoms with Crippen molar-refractivity contribution in [3.63, 3.8) is 0 Å². The van der Waals surface area contributed by atoms with E-state index in [0.717, 1.165) is 35.0 Å². The molecule has 1 N–H and O–H groups in total. The van der Waals surface area contributed by atoms with Crippen LogP contribution in [0.25, 0.3) is 10.2 Å². The van der Waals surface area contributed by atoms with Gasteiger partial charge in [0, 0.05) is 4.88 Å². The van der Waals surface area contributed by atoms with Crippen LogP contribution in [0, 0.1) is 0 Å². The van der Waals surface area contributed by atoms with Gasteiger partial charge in [0.25, 0.3) is 5.56 Å². The van der Waals surface area contributed by atoms with E-state index in [-0.39, 0.29) is 11.3 Å². The molecule has 0 fully saturated rings. The number of aromatic nitrogens is 2. The lowest BCUT2D eigenvalue weighted by Gasteiger charge is -2.09. The number of thiophene rings is 1. The Morgan fingerprint density at radius 2 is 2.00 bits per heavy atom. The minimum absolute atomic E-state index is 0.107. The summed E-state index contributed by atoms with van der Waals surface area (Å²) in [7, 11) is 0. The van der Waals surface area contributed by atoms with Crippen molar-refractivity contribution in [3.8, 4) is 5.75 Å². The van der Waals surface area contributed by atoms with E-state index in [9.17, 15) is 9.90 Å². The van der Waals surface area contributed by atoms with Crippen molar-refractivity contribution in [2.75, 3.05) is 0 Å². The first-order valence-corrected chi connectivity index (χ1v) is 8.39. The molecule has 1 aliphatic carbocycles. The molecule has 2 heterocycles. The molecule has 3 aromatic rings. The molecule has 0 saturated heterocycles. The predicted molar refractivity (Wildman–Crippen MR) is 91.6 cm³/mol. The summed E-state index contributed by atoms with van der Waals surface area (Å²) in [5.41, 5.74) is 1.87. The SMILES string of the molecule is O=c1c2c3c(sc2ncn1/N=C/c1ccc(O)cc1)CCCC3. The van der Waals surface area contributed by atoms with Crippen LogP contribution < -0.4 is 5.56 Å². The fraction of sp³-hybridized carbons (Fsp3) is 0.235. The van der Waals surface area contributed by atoms with E-state index in [1.165, 1.54) is 27.9 Å². The second kappa shape index (κ2) is 5.62. The van der Waals surface area contributed by atoms with Crippen molar-refractivity contribution in [2.24, 2.45) is 5.10 Å². The summed E-state index contributed by atoms with van der Waals surface area (Å²) in [6, 6.07) is 6.65. The lowest BCUT2D eigenvalue weighted by atomic mass is 9.97. The van der Waals surface area contributed by atoms with Gasteiger partial charge >= 0.3 is 0 Å². The molecule has 6 heteroatoms. The zero-order valence-corrected chi connectivity index (χ0v) is 13.2. The molecule has 0 saturated carbocycles. The molecule has 0 amide bonds. The molecular formula is C17H15N3O2S. The molecule has 5 nitrogen and oxygen atoms in total. The van der Waals surface area contributed by atoms with E-state index in [1.54, 1.807) is 41.8 Å². The highest BCUT2D eigenvalue weighted by molar-refractivity contribution is 7.18. The third-order valence-electron chi connectivity index (χ3n) is 4.08. The van der Waals surface area contributed by atoms with Crippen molar-refractivity contribution in [1.82, 2.24) is 9.66 Å². The standard InChI is InChI=1S/C17H15N3O2S/c21-12-7-5-11(6-8-12)9-19-20-10-18-16-15(17(20)22)13-3-1-2-4-14(13)23-16/h5-10,21H,1-4H2/b19-9+. The highest BCUT2D eigenvalue weighted by atomic mass is 32.1. The van der Waals surface area contributed by atoms with Gasteiger partial charge in [0.2, 0.25) is 0 Å². The Kier molecular flexibility index (Phi) is 3.46. The van der Waals surface area contributed by atoms with Crippen LogP contribution in [0.3, 0.4) is 0 Å². The first kappa shape index (κ1) is 14.1. The molecule has 1 aromatic carbocycles. The average molecular weight is 325 g/mol. The van der Waals surface area contributed by atoms with Gasteiger partial charge in [-0.2, -0.15) is 9.78 Å². The van der Waals surface area contributed by atoms with Crippen LogP contribution >= 0.6 is 11.3 Å². The van der Waals surface area contributed by atoms with Crippen LogP contribution in [-0.4, -0.2) is 21.0 Å². The molecule has 0 unspecified atom stereocenters. The van der Waals surface area contributed by atoms with E-state index in [1.807, 2.05) is 0 Å². The molecule has 0 atom stereocenters. The average Bonchev–Trinajstić information content (AvgIpc) is 2.95. The van der Waals surface area contributed by atoms with Gasteiger partial charge in [0.1, 0.15) is 16.9 Å². The lowest BCUT2D eigenvalue weighted by molar-refractivity contribution is 0.475. The van der Waals surface area contributed by atoms with Gasteiger partial charge in [-0.25, -0.2) is 4.98 Å². The summed E-state index contributed by atoms with van der Waals surface area (Å²) in [4.78, 5) is 19.2. The number of rotatable bonds is 2. The van der Waals surface area contributed by atoms with E-state index in [2.05, 4.69) is 10.1 Å². The van der Waals surface area contributed by atoms with Crippen LogP contribution in [0.5, 0.6) is 5.75 Å². The number of aryl methyl sites for hydroxylation is 2. The molecule has 23 heavy (non-hydrogen) atoms. The van der Waals surface area contributed by atoms with Gasteiger partial charge in [0.05, 0.1) is 11.6 Å². The summed E-state index contributed by atoms with van der Waals surface area (Å²) in [6.07, 6.45) is 7.39. The molecule has 0 aliphatic heterocycles. The van der Waals surface area contributed by atoms with Gasteiger partial charge < -0.3 is 5.11 Å². The summed E-state index contributed by atoms with van der Waals surface area (Å²) in [5, 5.41) is 14.2. The van der Waals surface area contributed by atoms with E-state index >= 15 is 0 Å². The van der Waals surface area contributed by atoms with Crippen molar-refractivity contribution < 1.29 is 5.11 Å². The molecule has 0 bridgehead atoms. The maximum atomic E-state index is 12.7. The van der Waals surface area contributed by atoms with Crippen LogP contribution in [0.1, 0.15) is 28.8 Å². The Morgan fingerprint density at radius 3 is 2.83 bits per heavy atom. The zero-order chi connectivity index (χ0) is 15.8. The molecule has 1 aliphatic rings. The summed E-state index contributed by atoms with van der Waals surface area (Å²) in [5.74, 6) is 0.201. The van der Waals surface area contributed by atoms with Crippen molar-refractivity contribution in [3.05, 3.63) is 57.0 Å². The van der Waals surface area contributed by atoms with Crippen LogP contribution in [0.15, 0.2) is 40.5 Å². The number of nitrogens with zero attached hydrogens (tertiary/aromatic N) is 3. The molecule has 116 valence electrons. The largest absolute Gasteiger partial charge is 0.508 e. The smallest absolute Gasteiger partial charge is 0.282 e. The number of aromatic hydroxyl groups is 1. The van der Waals surface area contributed by atoms with E-state index in [4.69, 9.17) is 0 Å². The van der Waals surface area contributed by atoms with Crippen molar-refractivity contribution in [2.45, 2.75) is 25.7 Å². The van der Waals surface area contributed by atoms with Gasteiger partial charge in [-0.3, -0.25) is 4.79 Å². The topological polar surface area (TPSA) is 67.5 Å². The number of benzene rings is 1. The van der Waals surface area contributed by atoms with Gasteiger partial charge in [-0.1, -0.05) is 0 Å². The maximum absolute atomic E-state index is 12.7. The van der Waals surface area contributed by atoms with Gasteiger partial charge in [0.15, 0.2) is 0 Å². The van der Waals surface area contributed by atoms with E-state index in [0.29, 0.717) is 0 Å². The number of hydrogen-bond donors (Lipinski definition) is 1. The number of fused-ring (bicyclic) bond motifs is 3. The minimum atomic E-state index is -0.107. The maximum Gasteiger partial charge on any atom is 0.282 e. The molecule has 0 radical (unpaired) electrons. The lowest BCUT2D eigenvalue weighted by Crippen LogP contribution is -2.18. The van der Waals surface area contributed by atoms with Crippen molar-refractivity contribution in [1.29, 1.82) is 0 Å². The summed E-state index contributed by atoms with van der Waals surface area (Å²) in [6.45, 7) is 0. The Morgan fingerprint density at radius 1 is 1.22 bits per heavy atom. The monoisotopic (exact) mass is 325 g/mol. The summed E-state index contributed by atoms with van der Waals surface area (Å²) >= 11 is 1.63. The number of phenolic OH excluding ortho intramolecular Hbond substituents is 1. The molecule has 2 aromatic heterocycles. The Hall–Kier alpha value is -2.47. The van der Waals surface area contributed by atoms with Crippen molar-refractivity contribution >= 4 is 27.8 Å². The highest BCUT2D eigenvalue weighted by Crippen LogP contribution is 2.33. The van der Waals surface area contributed by atoms with Crippen LogP contribution in [0.4, 0.5) is 0 Å². The molecule has 4 rings (SSSR count). The molecule has 0 spiro atoms. The number of hydrogen-bond acceptors (Lipinski definition) is 5. The van der Waals surface area contributed by atoms with Gasteiger partial charge in [-0.05, 0) is 61.1 Å². The van der Waals surface area contributed by atoms with Crippen LogP contribution in [-0.2, 0) is 12.8 Å². The Balaban J connectivity index is 1.77. The van der Waals surface area contributed by atoms with Gasteiger partial charge in [-0.15, -0.1) is 11.3 Å². The second-order valence-corrected chi connectivity index (χ2v) is 6.71. The first-order valence-electron chi connectivity index (χ1n) is 7.57. The fourth-order valence-corrected chi connectivity index (χ4v) is 4.13. The molecular weight excluding hydrogens is 310 g/mol. The van der Waals surface area contributed by atoms with E-state index < -0.39 is 0 Å². The number of phenols is 1. The zero-order valence-electron chi connectivity index (χ0n) is 12.4. The Bertz CT molecular complexity index is 954. The second-order valence-electron chi connectivity index (χ2n) is 5.62. The quantitative estimate of drug-likeness (QED) is 0.737. The summed E-state index contributed by atoms with van der Waals surface area (Å²) < 4.78 is 1.29. The highest BCUT2D eigenvalue weighted by Gasteiger charge is 2.19.